The zero-order valence-corrected chi connectivity index (χ0v) is 52.3. The lowest BCUT2D eigenvalue weighted by molar-refractivity contribution is 0.590. The summed E-state index contributed by atoms with van der Waals surface area (Å²) in [5.41, 5.74) is 26.9. The van der Waals surface area contributed by atoms with E-state index in [-0.39, 0.29) is 39.2 Å². The molecule has 2 aliphatic heterocycles. The van der Waals surface area contributed by atoms with Crippen LogP contribution in [0.3, 0.4) is 0 Å². The Morgan fingerprint density at radius 1 is 0.265 bits per heavy atom. The molecule has 0 spiro atoms. The fraction of sp³-hybridized carbons (Fsp3) is 0.308. The first-order valence-corrected chi connectivity index (χ1v) is 30.5. The Hall–Kier alpha value is -7.76. The van der Waals surface area contributed by atoms with E-state index in [9.17, 15) is 0 Å². The largest absolute Gasteiger partial charge is 0.311 e. The molecule has 4 aromatic heterocycles. The van der Waals surface area contributed by atoms with E-state index in [0.717, 1.165) is 11.4 Å². The summed E-state index contributed by atoms with van der Waals surface area (Å²) in [6.07, 6.45) is 0. The molecule has 15 rings (SSSR count). The predicted octanol–water partition coefficient (Wildman–Crippen LogP) is 19.9. The van der Waals surface area contributed by atoms with Crippen molar-refractivity contribution in [2.24, 2.45) is 0 Å². The van der Waals surface area contributed by atoms with Gasteiger partial charge in [0.15, 0.2) is 0 Å². The molecule has 0 N–H and O–H groups in total. The van der Waals surface area contributed by atoms with E-state index in [4.69, 9.17) is 0 Å². The van der Waals surface area contributed by atoms with E-state index in [2.05, 4.69) is 295 Å². The molecule has 9 aromatic carbocycles. The molecule has 13 aromatic rings. The monoisotopic (exact) mass is 1080 g/mol. The minimum Gasteiger partial charge on any atom is -0.311 e. The van der Waals surface area contributed by atoms with Crippen molar-refractivity contribution < 1.29 is 0 Å². The highest BCUT2D eigenvalue weighted by molar-refractivity contribution is 7.00. The van der Waals surface area contributed by atoms with Crippen molar-refractivity contribution in [3.8, 4) is 0 Å². The van der Waals surface area contributed by atoms with Gasteiger partial charge in [0.25, 0.3) is 6.71 Å². The zero-order valence-electron chi connectivity index (χ0n) is 52.3. The molecule has 0 atom stereocenters. The highest BCUT2D eigenvalue weighted by Crippen LogP contribution is 2.51. The second-order valence-corrected chi connectivity index (χ2v) is 31.2. The summed E-state index contributed by atoms with van der Waals surface area (Å²) in [7, 11) is 0. The van der Waals surface area contributed by atoms with Gasteiger partial charge in [-0.3, -0.25) is 0 Å². The highest BCUT2D eigenvalue weighted by atomic mass is 15.2. The molecule has 4 nitrogen and oxygen atoms in total. The standard InChI is InChI=1S/C78H79BN4/c1-73(2,3)44-22-28-50(29-23-44)80-64-20-19-21-65-70(64)79(60-40-54-58-38-48(77(13,14)15)36-56-52-34-46(75(7,8)9)26-32-62(52)82(71(56)58)66(54)42-68(60)80)61-41-55-59-39-49(78(16,17)18)37-57-53-35-47(76(10,11)12)27-33-63(53)83(72(57)59)67(55)43-69(61)81(65)51-30-24-45(25-31-51)74(4,5)6/h19-43H,1-18H3. The molecule has 0 bridgehead atoms. The summed E-state index contributed by atoms with van der Waals surface area (Å²) < 4.78 is 5.23. The molecule has 6 heterocycles. The van der Waals surface area contributed by atoms with Gasteiger partial charge in [-0.2, -0.15) is 0 Å². The summed E-state index contributed by atoms with van der Waals surface area (Å²) in [5.74, 6) is 0. The molecule has 0 radical (unpaired) electrons. The molecule has 0 amide bonds. The van der Waals surface area contributed by atoms with Gasteiger partial charge in [-0.25, -0.2) is 0 Å². The van der Waals surface area contributed by atoms with E-state index < -0.39 is 0 Å². The van der Waals surface area contributed by atoms with E-state index >= 15 is 0 Å². The van der Waals surface area contributed by atoms with Crippen LogP contribution in [0.4, 0.5) is 34.1 Å². The fourth-order valence-electron chi connectivity index (χ4n) is 14.6. The maximum absolute atomic E-state index is 2.64. The first kappa shape index (κ1) is 52.1. The average molecular weight is 1080 g/mol. The smallest absolute Gasteiger partial charge is 0.252 e. The molecular weight excluding hydrogens is 1000 g/mol. The summed E-state index contributed by atoms with van der Waals surface area (Å²) in [6.45, 7) is 42.1. The number of benzene rings is 9. The Kier molecular flexibility index (Phi) is 10.4. The first-order valence-electron chi connectivity index (χ1n) is 30.5. The van der Waals surface area contributed by atoms with Crippen LogP contribution in [0.1, 0.15) is 158 Å². The second-order valence-electron chi connectivity index (χ2n) is 31.2. The summed E-state index contributed by atoms with van der Waals surface area (Å²) >= 11 is 0. The maximum Gasteiger partial charge on any atom is 0.252 e. The van der Waals surface area contributed by atoms with Gasteiger partial charge in [-0.15, -0.1) is 0 Å². The fourth-order valence-corrected chi connectivity index (χ4v) is 14.6. The lowest BCUT2D eigenvalue weighted by Crippen LogP contribution is -2.61. The molecule has 83 heavy (non-hydrogen) atoms. The summed E-state index contributed by atoms with van der Waals surface area (Å²) in [6, 6.07) is 61.1. The van der Waals surface area contributed by atoms with Gasteiger partial charge in [0, 0.05) is 77.2 Å². The summed E-state index contributed by atoms with van der Waals surface area (Å²) in [4.78, 5) is 5.22. The number of hydrogen-bond donors (Lipinski definition) is 0. The van der Waals surface area contributed by atoms with Gasteiger partial charge in [-0.1, -0.05) is 179 Å². The highest BCUT2D eigenvalue weighted by Gasteiger charge is 2.45. The van der Waals surface area contributed by atoms with E-state index in [1.54, 1.807) is 0 Å². The third-order valence-electron chi connectivity index (χ3n) is 19.5. The number of aromatic nitrogens is 2. The molecule has 0 saturated carbocycles. The van der Waals surface area contributed by atoms with Crippen LogP contribution in [0.2, 0.25) is 0 Å². The van der Waals surface area contributed by atoms with Crippen molar-refractivity contribution in [2.75, 3.05) is 9.80 Å². The van der Waals surface area contributed by atoms with Crippen LogP contribution in [-0.2, 0) is 32.5 Å². The normalized spacial score (nSPS) is 14.6. The molecule has 0 unspecified atom stereocenters. The third-order valence-corrected chi connectivity index (χ3v) is 19.5. The van der Waals surface area contributed by atoms with Crippen molar-refractivity contribution >= 4 is 133 Å². The van der Waals surface area contributed by atoms with Crippen molar-refractivity contribution in [1.82, 2.24) is 8.80 Å². The summed E-state index contributed by atoms with van der Waals surface area (Å²) in [5, 5.41) is 10.6. The number of nitrogens with zero attached hydrogens (tertiary/aromatic N) is 4. The number of anilines is 6. The van der Waals surface area contributed by atoms with Crippen LogP contribution in [0, 0.1) is 0 Å². The van der Waals surface area contributed by atoms with E-state index in [1.807, 2.05) is 0 Å². The Morgan fingerprint density at radius 3 is 0.892 bits per heavy atom. The van der Waals surface area contributed by atoms with E-state index in [0.29, 0.717) is 0 Å². The number of fused-ring (bicyclic) bond motifs is 16. The third kappa shape index (κ3) is 7.44. The Bertz CT molecular complexity index is 4580. The molecule has 0 aliphatic carbocycles. The van der Waals surface area contributed by atoms with E-state index in [1.165, 1.54) is 149 Å². The Labute approximate surface area is 491 Å². The van der Waals surface area contributed by atoms with Gasteiger partial charge in [-0.05, 0) is 179 Å². The molecule has 0 saturated heterocycles. The minimum absolute atomic E-state index is 0.00902. The second kappa shape index (κ2) is 16.5. The number of hydrogen-bond acceptors (Lipinski definition) is 2. The quantitative estimate of drug-likeness (QED) is 0.160. The van der Waals surface area contributed by atoms with Crippen LogP contribution in [0.15, 0.2) is 152 Å². The molecule has 414 valence electrons. The zero-order chi connectivity index (χ0) is 58.3. The van der Waals surface area contributed by atoms with Gasteiger partial charge in [0.1, 0.15) is 0 Å². The van der Waals surface area contributed by atoms with Gasteiger partial charge in [0.05, 0.1) is 33.1 Å². The van der Waals surface area contributed by atoms with Crippen LogP contribution in [-0.4, -0.2) is 15.5 Å². The van der Waals surface area contributed by atoms with Crippen molar-refractivity contribution in [3.05, 3.63) is 185 Å². The van der Waals surface area contributed by atoms with Crippen LogP contribution in [0.5, 0.6) is 0 Å². The molecule has 2 aliphatic rings. The van der Waals surface area contributed by atoms with Gasteiger partial charge in [0.2, 0.25) is 0 Å². The lowest BCUT2D eigenvalue weighted by atomic mass is 9.33. The SMILES string of the molecule is CC(C)(C)c1ccc(N2c3cc4c(cc3B3c5cc6c7cc(C(C)(C)C)cc8c9cc(C(C)(C)C)ccc9n(c6cc5N(c5ccc(C(C)(C)C)cc5)c5cccc2c53)c87)c2cc(C(C)(C)C)cc3c5cc(C(C)(C)C)ccc5n4c32)cc1. The van der Waals surface area contributed by atoms with Crippen LogP contribution in [0.25, 0.3) is 76.2 Å². The van der Waals surface area contributed by atoms with Crippen molar-refractivity contribution in [3.63, 3.8) is 0 Å². The maximum atomic E-state index is 2.64. The predicted molar refractivity (Wildman–Crippen MR) is 362 cm³/mol. The molecule has 5 heteroatoms. The molecule has 0 fully saturated rings. The van der Waals surface area contributed by atoms with Gasteiger partial charge >= 0.3 is 0 Å². The minimum atomic E-state index is -0.0864. The number of rotatable bonds is 2. The van der Waals surface area contributed by atoms with Crippen molar-refractivity contribution in [2.45, 2.75) is 157 Å². The first-order chi connectivity index (χ1) is 38.9. The van der Waals surface area contributed by atoms with Crippen LogP contribution >= 0.6 is 0 Å². The Balaban J connectivity index is 1.10. The topological polar surface area (TPSA) is 15.3 Å². The lowest BCUT2D eigenvalue weighted by Gasteiger charge is -2.44. The molecular formula is C78H79BN4. The Morgan fingerprint density at radius 2 is 0.566 bits per heavy atom. The van der Waals surface area contributed by atoms with Gasteiger partial charge < -0.3 is 18.6 Å². The average Bonchev–Trinajstić information content (AvgIpc) is 2.12. The van der Waals surface area contributed by atoms with Crippen LogP contribution < -0.4 is 26.2 Å². The van der Waals surface area contributed by atoms with Crippen molar-refractivity contribution in [1.29, 1.82) is 0 Å².